The summed E-state index contributed by atoms with van der Waals surface area (Å²) in [4.78, 5) is 17.9. The predicted octanol–water partition coefficient (Wildman–Crippen LogP) is 3.45. The Hall–Kier alpha value is -2.96. The Balaban J connectivity index is 1.42. The monoisotopic (exact) mass is 347 g/mol. The fraction of sp³-hybridized carbons (Fsp3) is 0.368. The number of hydrogen-bond donors (Lipinski definition) is 1. The molecule has 0 spiro atoms. The minimum Gasteiger partial charge on any atom is -0.364 e. The van der Waals surface area contributed by atoms with Crippen molar-refractivity contribution in [2.75, 3.05) is 5.32 Å². The van der Waals surface area contributed by atoms with Crippen LogP contribution in [0.15, 0.2) is 30.9 Å². The molecule has 7 heteroatoms. The maximum atomic E-state index is 4.75. The summed E-state index contributed by atoms with van der Waals surface area (Å²) < 4.78 is 4.39. The summed E-state index contributed by atoms with van der Waals surface area (Å²) in [7, 11) is 0. The van der Waals surface area contributed by atoms with E-state index in [0.717, 1.165) is 34.9 Å². The minimum atomic E-state index is 0.645. The van der Waals surface area contributed by atoms with Gasteiger partial charge in [-0.1, -0.05) is 6.07 Å². The first-order chi connectivity index (χ1) is 12.7. The van der Waals surface area contributed by atoms with Crippen molar-refractivity contribution in [2.45, 2.75) is 45.8 Å². The predicted molar refractivity (Wildman–Crippen MR) is 101 cm³/mol. The lowest BCUT2D eigenvalue weighted by Crippen LogP contribution is -2.03. The van der Waals surface area contributed by atoms with Crippen LogP contribution in [-0.4, -0.2) is 29.1 Å². The molecule has 0 atom stereocenters. The maximum Gasteiger partial charge on any atom is 0.165 e. The van der Waals surface area contributed by atoms with Crippen LogP contribution in [0.3, 0.4) is 0 Å². The van der Waals surface area contributed by atoms with E-state index in [9.17, 15) is 0 Å². The smallest absolute Gasteiger partial charge is 0.165 e. The Kier molecular flexibility index (Phi) is 3.41. The summed E-state index contributed by atoms with van der Waals surface area (Å²) in [5, 5.41) is 3.40. The average molecular weight is 347 g/mol. The molecule has 1 aliphatic rings. The van der Waals surface area contributed by atoms with Gasteiger partial charge in [-0.2, -0.15) is 0 Å². The molecule has 3 aromatic heterocycles. The van der Waals surface area contributed by atoms with E-state index in [1.807, 2.05) is 10.9 Å². The van der Waals surface area contributed by atoms with E-state index in [4.69, 9.17) is 4.98 Å². The highest BCUT2D eigenvalue weighted by atomic mass is 15.1. The molecule has 1 aromatic carbocycles. The minimum absolute atomic E-state index is 0.645. The van der Waals surface area contributed by atoms with Crippen molar-refractivity contribution in [1.82, 2.24) is 29.1 Å². The molecule has 132 valence electrons. The summed E-state index contributed by atoms with van der Waals surface area (Å²) >= 11 is 0. The van der Waals surface area contributed by atoms with E-state index in [2.05, 4.69) is 56.9 Å². The maximum absolute atomic E-state index is 4.75. The number of imidazole rings is 2. The van der Waals surface area contributed by atoms with Crippen LogP contribution < -0.4 is 5.32 Å². The summed E-state index contributed by atoms with van der Waals surface area (Å²) in [6.07, 6.45) is 5.93. The molecule has 0 saturated heterocycles. The van der Waals surface area contributed by atoms with Gasteiger partial charge in [-0.05, 0) is 44.4 Å². The molecule has 3 heterocycles. The quantitative estimate of drug-likeness (QED) is 0.598. The molecule has 1 aliphatic carbocycles. The van der Waals surface area contributed by atoms with Gasteiger partial charge in [-0.25, -0.2) is 19.9 Å². The molecule has 0 aliphatic heterocycles. The van der Waals surface area contributed by atoms with Crippen molar-refractivity contribution in [2.24, 2.45) is 0 Å². The number of hydrogen-bond acceptors (Lipinski definition) is 5. The van der Waals surface area contributed by atoms with Crippen LogP contribution in [0.25, 0.3) is 22.2 Å². The Morgan fingerprint density at radius 3 is 2.88 bits per heavy atom. The lowest BCUT2D eigenvalue weighted by molar-refractivity contribution is 0.734. The third-order valence-electron chi connectivity index (χ3n) is 5.04. The number of aryl methyl sites for hydroxylation is 2. The number of fused-ring (bicyclic) bond motifs is 2. The highest BCUT2D eigenvalue weighted by Gasteiger charge is 2.26. The van der Waals surface area contributed by atoms with Gasteiger partial charge in [-0.3, -0.25) is 0 Å². The summed E-state index contributed by atoms with van der Waals surface area (Å²) in [5.41, 5.74) is 5.15. The van der Waals surface area contributed by atoms with E-state index in [-0.39, 0.29) is 0 Å². The number of nitrogens with zero attached hydrogens (tertiary/aromatic N) is 6. The zero-order valence-electron chi connectivity index (χ0n) is 15.0. The van der Waals surface area contributed by atoms with E-state index in [1.54, 1.807) is 6.33 Å². The number of anilines is 1. The van der Waals surface area contributed by atoms with Gasteiger partial charge in [0.15, 0.2) is 11.5 Å². The van der Waals surface area contributed by atoms with E-state index in [0.29, 0.717) is 12.6 Å². The Bertz CT molecular complexity index is 1100. The number of aromatic nitrogens is 6. The van der Waals surface area contributed by atoms with Gasteiger partial charge < -0.3 is 14.5 Å². The number of nitrogens with one attached hydrogen (secondary N) is 1. The van der Waals surface area contributed by atoms with Gasteiger partial charge in [0.25, 0.3) is 0 Å². The second-order valence-electron chi connectivity index (χ2n) is 6.86. The molecule has 0 bridgehead atoms. The van der Waals surface area contributed by atoms with Gasteiger partial charge >= 0.3 is 0 Å². The van der Waals surface area contributed by atoms with Crippen LogP contribution in [0.4, 0.5) is 5.82 Å². The van der Waals surface area contributed by atoms with Crippen LogP contribution in [-0.2, 0) is 13.1 Å². The van der Waals surface area contributed by atoms with Gasteiger partial charge in [0.2, 0.25) is 0 Å². The molecular formula is C19H21N7. The van der Waals surface area contributed by atoms with Crippen LogP contribution in [0, 0.1) is 6.92 Å². The molecule has 1 fully saturated rings. The van der Waals surface area contributed by atoms with Gasteiger partial charge in [0, 0.05) is 19.1 Å². The van der Waals surface area contributed by atoms with Crippen molar-refractivity contribution in [1.29, 1.82) is 0 Å². The largest absolute Gasteiger partial charge is 0.364 e. The molecule has 26 heavy (non-hydrogen) atoms. The molecule has 4 aromatic rings. The van der Waals surface area contributed by atoms with Crippen LogP contribution in [0.1, 0.15) is 37.2 Å². The Morgan fingerprint density at radius 1 is 1.19 bits per heavy atom. The fourth-order valence-electron chi connectivity index (χ4n) is 3.60. The first kappa shape index (κ1) is 15.3. The van der Waals surface area contributed by atoms with Crippen LogP contribution >= 0.6 is 0 Å². The molecule has 0 radical (unpaired) electrons. The fourth-order valence-corrected chi connectivity index (χ4v) is 3.60. The summed E-state index contributed by atoms with van der Waals surface area (Å²) in [6.45, 7) is 5.69. The SMILES string of the molecule is CCn1cnc2c(NCc3ccc4c(c3)nc(C)n4C3CC3)ncnc21. The molecule has 1 saturated carbocycles. The average Bonchev–Trinajstić information content (AvgIpc) is 3.30. The third kappa shape index (κ3) is 2.42. The lowest BCUT2D eigenvalue weighted by atomic mass is 10.2. The molecule has 7 nitrogen and oxygen atoms in total. The second kappa shape index (κ2) is 5.79. The van der Waals surface area contributed by atoms with Crippen molar-refractivity contribution in [3.8, 4) is 0 Å². The lowest BCUT2D eigenvalue weighted by Gasteiger charge is -2.07. The molecular weight excluding hydrogens is 326 g/mol. The Labute approximate surface area is 151 Å². The number of benzene rings is 1. The van der Waals surface area contributed by atoms with Crippen molar-refractivity contribution < 1.29 is 0 Å². The van der Waals surface area contributed by atoms with Crippen molar-refractivity contribution >= 4 is 28.0 Å². The normalized spacial score (nSPS) is 14.4. The standard InChI is InChI=1S/C19H21N7/c1-3-25-11-23-17-18(21-10-22-19(17)25)20-9-13-4-7-16-15(8-13)24-12(2)26(16)14-5-6-14/h4,7-8,10-11,14H,3,5-6,9H2,1-2H3,(H,20,21,22). The van der Waals surface area contributed by atoms with Gasteiger partial charge in [-0.15, -0.1) is 0 Å². The first-order valence-electron chi connectivity index (χ1n) is 9.11. The van der Waals surface area contributed by atoms with Gasteiger partial charge in [0.05, 0.1) is 17.4 Å². The van der Waals surface area contributed by atoms with Crippen molar-refractivity contribution in [3.63, 3.8) is 0 Å². The highest BCUT2D eigenvalue weighted by Crippen LogP contribution is 2.38. The molecule has 5 rings (SSSR count). The van der Waals surface area contributed by atoms with E-state index in [1.165, 1.54) is 23.9 Å². The third-order valence-corrected chi connectivity index (χ3v) is 5.04. The molecule has 0 unspecified atom stereocenters. The topological polar surface area (TPSA) is 73.5 Å². The molecule has 1 N–H and O–H groups in total. The summed E-state index contributed by atoms with van der Waals surface area (Å²) in [5.74, 6) is 1.87. The molecule has 0 amide bonds. The second-order valence-corrected chi connectivity index (χ2v) is 6.86. The van der Waals surface area contributed by atoms with Crippen LogP contribution in [0.2, 0.25) is 0 Å². The van der Waals surface area contributed by atoms with E-state index >= 15 is 0 Å². The van der Waals surface area contributed by atoms with Gasteiger partial charge in [0.1, 0.15) is 17.7 Å². The van der Waals surface area contributed by atoms with Crippen molar-refractivity contribution in [3.05, 3.63) is 42.2 Å². The van der Waals surface area contributed by atoms with Crippen LogP contribution in [0.5, 0.6) is 0 Å². The summed E-state index contributed by atoms with van der Waals surface area (Å²) in [6, 6.07) is 7.16. The first-order valence-corrected chi connectivity index (χ1v) is 9.11. The number of rotatable bonds is 5. The zero-order chi connectivity index (χ0) is 17.7. The highest BCUT2D eigenvalue weighted by molar-refractivity contribution is 5.82. The zero-order valence-corrected chi connectivity index (χ0v) is 15.0. The van der Waals surface area contributed by atoms with E-state index < -0.39 is 0 Å². The Morgan fingerprint density at radius 2 is 2.08 bits per heavy atom.